The first-order chi connectivity index (χ1) is 13.5. The maximum absolute atomic E-state index is 12.7. The minimum absolute atomic E-state index is 0.0463. The standard InChI is InChI=1S/C21H26N2O5/c1-5-6-10-19(24)22-15-8-7-9-16(13-15)23-21(25)14-11-17(26-2)20(28-4)18(12-14)27-3/h7-9,11-13H,5-6,10H2,1-4H3,(H,22,24)(H,23,25). The summed E-state index contributed by atoms with van der Waals surface area (Å²) >= 11 is 0. The van der Waals surface area contributed by atoms with Crippen LogP contribution in [0.4, 0.5) is 11.4 Å². The second-order valence-electron chi connectivity index (χ2n) is 6.10. The molecule has 0 fully saturated rings. The molecule has 0 unspecified atom stereocenters. The van der Waals surface area contributed by atoms with Gasteiger partial charge in [-0.2, -0.15) is 0 Å². The van der Waals surface area contributed by atoms with Gasteiger partial charge in [0.15, 0.2) is 11.5 Å². The van der Waals surface area contributed by atoms with Gasteiger partial charge in [-0.05, 0) is 36.8 Å². The predicted octanol–water partition coefficient (Wildman–Crippen LogP) is 4.09. The number of rotatable bonds is 9. The zero-order valence-corrected chi connectivity index (χ0v) is 16.6. The summed E-state index contributed by atoms with van der Waals surface area (Å²) < 4.78 is 15.8. The minimum atomic E-state index is -0.339. The first kappa shape index (κ1) is 21.1. The fourth-order valence-electron chi connectivity index (χ4n) is 2.65. The zero-order chi connectivity index (χ0) is 20.5. The average Bonchev–Trinajstić information content (AvgIpc) is 2.71. The summed E-state index contributed by atoms with van der Waals surface area (Å²) in [7, 11) is 4.48. The Morgan fingerprint density at radius 3 is 2.04 bits per heavy atom. The molecule has 0 spiro atoms. The van der Waals surface area contributed by atoms with Gasteiger partial charge in [0.1, 0.15) is 0 Å². The normalized spacial score (nSPS) is 10.1. The average molecular weight is 386 g/mol. The van der Waals surface area contributed by atoms with Gasteiger partial charge in [-0.1, -0.05) is 19.4 Å². The van der Waals surface area contributed by atoms with E-state index >= 15 is 0 Å². The Bertz CT molecular complexity index is 810. The van der Waals surface area contributed by atoms with Gasteiger partial charge in [0, 0.05) is 23.4 Å². The molecule has 0 aromatic heterocycles. The number of nitrogens with one attached hydrogen (secondary N) is 2. The smallest absolute Gasteiger partial charge is 0.255 e. The monoisotopic (exact) mass is 386 g/mol. The number of anilines is 2. The lowest BCUT2D eigenvalue weighted by molar-refractivity contribution is -0.116. The summed E-state index contributed by atoms with van der Waals surface area (Å²) in [5.41, 5.74) is 1.54. The van der Waals surface area contributed by atoms with E-state index in [9.17, 15) is 9.59 Å². The van der Waals surface area contributed by atoms with Crippen LogP contribution in [0.15, 0.2) is 36.4 Å². The highest BCUT2D eigenvalue weighted by Gasteiger charge is 2.17. The maximum Gasteiger partial charge on any atom is 0.255 e. The molecule has 2 aromatic rings. The Morgan fingerprint density at radius 2 is 1.50 bits per heavy atom. The largest absolute Gasteiger partial charge is 0.493 e. The maximum atomic E-state index is 12.7. The van der Waals surface area contributed by atoms with Crippen molar-refractivity contribution in [3.05, 3.63) is 42.0 Å². The zero-order valence-electron chi connectivity index (χ0n) is 16.6. The van der Waals surface area contributed by atoms with E-state index < -0.39 is 0 Å². The number of unbranched alkanes of at least 4 members (excludes halogenated alkanes) is 1. The van der Waals surface area contributed by atoms with Gasteiger partial charge in [-0.25, -0.2) is 0 Å². The van der Waals surface area contributed by atoms with Crippen LogP contribution in [0.5, 0.6) is 17.2 Å². The Labute approximate surface area is 165 Å². The van der Waals surface area contributed by atoms with Crippen LogP contribution in [0.25, 0.3) is 0 Å². The SMILES string of the molecule is CCCCC(=O)Nc1cccc(NC(=O)c2cc(OC)c(OC)c(OC)c2)c1. The van der Waals surface area contributed by atoms with Crippen LogP contribution in [0, 0.1) is 0 Å². The van der Waals surface area contributed by atoms with Crippen molar-refractivity contribution in [3.8, 4) is 17.2 Å². The lowest BCUT2D eigenvalue weighted by Gasteiger charge is -2.14. The number of carbonyl (C=O) groups is 2. The number of benzene rings is 2. The van der Waals surface area contributed by atoms with Gasteiger partial charge in [0.25, 0.3) is 5.91 Å². The molecule has 2 N–H and O–H groups in total. The van der Waals surface area contributed by atoms with Crippen LogP contribution in [0.1, 0.15) is 36.5 Å². The highest BCUT2D eigenvalue weighted by molar-refractivity contribution is 6.05. The molecule has 0 aliphatic carbocycles. The third-order valence-corrected chi connectivity index (χ3v) is 4.09. The molecule has 0 saturated carbocycles. The van der Waals surface area contributed by atoms with E-state index in [-0.39, 0.29) is 11.8 Å². The Balaban J connectivity index is 2.17. The molecule has 7 heteroatoms. The fraction of sp³-hybridized carbons (Fsp3) is 0.333. The quantitative estimate of drug-likeness (QED) is 0.678. The summed E-state index contributed by atoms with van der Waals surface area (Å²) in [6, 6.07) is 10.1. The summed E-state index contributed by atoms with van der Waals surface area (Å²) in [4.78, 5) is 24.6. The van der Waals surface area contributed by atoms with Crippen LogP contribution < -0.4 is 24.8 Å². The lowest BCUT2D eigenvalue weighted by atomic mass is 10.1. The molecule has 28 heavy (non-hydrogen) atoms. The van der Waals surface area contributed by atoms with Crippen LogP contribution >= 0.6 is 0 Å². The molecule has 0 aliphatic rings. The number of hydrogen-bond acceptors (Lipinski definition) is 5. The van der Waals surface area contributed by atoms with E-state index in [0.717, 1.165) is 12.8 Å². The second-order valence-corrected chi connectivity index (χ2v) is 6.10. The molecule has 150 valence electrons. The second kappa shape index (κ2) is 10.2. The molecular formula is C21H26N2O5. The number of ether oxygens (including phenoxy) is 3. The molecule has 2 aromatic carbocycles. The number of carbonyl (C=O) groups excluding carboxylic acids is 2. The van der Waals surface area contributed by atoms with E-state index in [1.165, 1.54) is 21.3 Å². The third-order valence-electron chi connectivity index (χ3n) is 4.09. The summed E-state index contributed by atoms with van der Waals surface area (Å²) in [5.74, 6) is 0.815. The fourth-order valence-corrected chi connectivity index (χ4v) is 2.65. The molecule has 2 amide bonds. The van der Waals surface area contributed by atoms with Crippen molar-refractivity contribution in [2.75, 3.05) is 32.0 Å². The first-order valence-corrected chi connectivity index (χ1v) is 9.03. The Kier molecular flexibility index (Phi) is 7.68. The van der Waals surface area contributed by atoms with E-state index in [4.69, 9.17) is 14.2 Å². The van der Waals surface area contributed by atoms with Gasteiger partial charge in [-0.15, -0.1) is 0 Å². The molecule has 2 rings (SSSR count). The van der Waals surface area contributed by atoms with Crippen LogP contribution in [0.3, 0.4) is 0 Å². The van der Waals surface area contributed by atoms with Gasteiger partial charge < -0.3 is 24.8 Å². The number of methoxy groups -OCH3 is 3. The van der Waals surface area contributed by atoms with Crippen molar-refractivity contribution in [3.63, 3.8) is 0 Å². The third kappa shape index (κ3) is 5.39. The highest BCUT2D eigenvalue weighted by atomic mass is 16.5. The van der Waals surface area contributed by atoms with Gasteiger partial charge in [0.05, 0.1) is 21.3 Å². The van der Waals surface area contributed by atoms with Crippen molar-refractivity contribution in [1.29, 1.82) is 0 Å². The summed E-state index contributed by atoms with van der Waals surface area (Å²) in [5, 5.41) is 5.65. The molecule has 0 saturated heterocycles. The predicted molar refractivity (Wildman–Crippen MR) is 109 cm³/mol. The van der Waals surface area contributed by atoms with Crippen LogP contribution in [-0.2, 0) is 4.79 Å². The van der Waals surface area contributed by atoms with E-state index in [2.05, 4.69) is 10.6 Å². The molecule has 0 radical (unpaired) electrons. The molecular weight excluding hydrogens is 360 g/mol. The van der Waals surface area contributed by atoms with Crippen molar-refractivity contribution in [1.82, 2.24) is 0 Å². The van der Waals surface area contributed by atoms with Crippen molar-refractivity contribution < 1.29 is 23.8 Å². The molecule has 0 aliphatic heterocycles. The van der Waals surface area contributed by atoms with Gasteiger partial charge in [-0.3, -0.25) is 9.59 Å². The van der Waals surface area contributed by atoms with Crippen molar-refractivity contribution >= 4 is 23.2 Å². The van der Waals surface area contributed by atoms with Crippen molar-refractivity contribution in [2.24, 2.45) is 0 Å². The summed E-state index contributed by atoms with van der Waals surface area (Å²) in [6.45, 7) is 2.03. The molecule has 7 nitrogen and oxygen atoms in total. The minimum Gasteiger partial charge on any atom is -0.493 e. The highest BCUT2D eigenvalue weighted by Crippen LogP contribution is 2.38. The number of amides is 2. The molecule has 0 atom stereocenters. The topological polar surface area (TPSA) is 85.9 Å². The number of hydrogen-bond donors (Lipinski definition) is 2. The molecule has 0 heterocycles. The molecule has 0 bridgehead atoms. The Morgan fingerprint density at radius 1 is 0.893 bits per heavy atom. The lowest BCUT2D eigenvalue weighted by Crippen LogP contribution is -2.14. The van der Waals surface area contributed by atoms with E-state index in [0.29, 0.717) is 40.6 Å². The summed E-state index contributed by atoms with van der Waals surface area (Å²) in [6.07, 6.45) is 2.26. The van der Waals surface area contributed by atoms with Crippen LogP contribution in [-0.4, -0.2) is 33.1 Å². The van der Waals surface area contributed by atoms with E-state index in [1.54, 1.807) is 36.4 Å². The van der Waals surface area contributed by atoms with Gasteiger partial charge >= 0.3 is 0 Å². The van der Waals surface area contributed by atoms with E-state index in [1.807, 2.05) is 6.92 Å². The van der Waals surface area contributed by atoms with Crippen LogP contribution in [0.2, 0.25) is 0 Å². The Hall–Kier alpha value is -3.22. The first-order valence-electron chi connectivity index (χ1n) is 9.03. The van der Waals surface area contributed by atoms with Crippen molar-refractivity contribution in [2.45, 2.75) is 26.2 Å². The van der Waals surface area contributed by atoms with Gasteiger partial charge in [0.2, 0.25) is 11.7 Å².